The number of carboxylic acid groups (broad SMARTS) is 1. The Hall–Kier alpha value is -4.72. The average Bonchev–Trinajstić information content (AvgIpc) is 3.15. The van der Waals surface area contributed by atoms with Crippen molar-refractivity contribution in [3.63, 3.8) is 0 Å². The highest BCUT2D eigenvalue weighted by molar-refractivity contribution is 5.77. The van der Waals surface area contributed by atoms with Gasteiger partial charge in [0.15, 0.2) is 5.43 Å². The van der Waals surface area contributed by atoms with Crippen LogP contribution in [-0.4, -0.2) is 36.0 Å². The summed E-state index contributed by atoms with van der Waals surface area (Å²) in [7, 11) is 1.61. The summed E-state index contributed by atoms with van der Waals surface area (Å²) in [4.78, 5) is 26.2. The number of carbonyl (C=O) groups is 1. The van der Waals surface area contributed by atoms with Gasteiger partial charge in [-0.3, -0.25) is 9.59 Å². The van der Waals surface area contributed by atoms with Crippen molar-refractivity contribution in [3.05, 3.63) is 89.3 Å². The number of aromatic nitrogens is 1. The largest absolute Gasteiger partial charge is 0.497 e. The number of carboxylic acids is 1. The van der Waals surface area contributed by atoms with E-state index in [1.54, 1.807) is 25.6 Å². The molecule has 0 saturated carbocycles. The lowest BCUT2D eigenvalue weighted by Crippen LogP contribution is -2.17. The molecule has 0 fully saturated rings. The van der Waals surface area contributed by atoms with Crippen LogP contribution in [0, 0.1) is 0 Å². The van der Waals surface area contributed by atoms with E-state index < -0.39 is 5.97 Å². The molecule has 280 valence electrons. The third kappa shape index (κ3) is 13.1. The fourth-order valence-electron chi connectivity index (χ4n) is 6.21. The fourth-order valence-corrected chi connectivity index (χ4v) is 6.21. The summed E-state index contributed by atoms with van der Waals surface area (Å²) in [5.41, 5.74) is 1.69. The van der Waals surface area contributed by atoms with Crippen molar-refractivity contribution in [3.8, 4) is 51.0 Å². The third-order valence-corrected chi connectivity index (χ3v) is 9.10. The minimum atomic E-state index is -1.01. The van der Waals surface area contributed by atoms with Crippen molar-refractivity contribution in [1.29, 1.82) is 0 Å². The van der Waals surface area contributed by atoms with Crippen molar-refractivity contribution >= 4 is 5.97 Å². The van der Waals surface area contributed by atoms with Crippen LogP contribution in [0.15, 0.2) is 83.9 Å². The third-order valence-electron chi connectivity index (χ3n) is 9.10. The predicted octanol–water partition coefficient (Wildman–Crippen LogP) is 11.3. The van der Waals surface area contributed by atoms with E-state index in [0.717, 1.165) is 31.4 Å². The number of unbranched alkanes of at least 4 members (excludes halogenated alkanes) is 12. The number of hydrogen-bond donors (Lipinski definition) is 1. The Morgan fingerprint density at radius 2 is 1.19 bits per heavy atom. The van der Waals surface area contributed by atoms with Crippen molar-refractivity contribution in [2.24, 2.45) is 0 Å². The van der Waals surface area contributed by atoms with Gasteiger partial charge in [0.25, 0.3) is 0 Å². The summed E-state index contributed by atoms with van der Waals surface area (Å²) < 4.78 is 25.4. The second-order valence-corrected chi connectivity index (χ2v) is 13.4. The minimum Gasteiger partial charge on any atom is -0.497 e. The normalized spacial score (nSPS) is 11.0. The number of nitrogens with zero attached hydrogens (tertiary/aromatic N) is 1. The zero-order chi connectivity index (χ0) is 37.0. The number of rotatable bonds is 25. The first-order valence-corrected chi connectivity index (χ1v) is 19.2. The first kappa shape index (κ1) is 40.1. The summed E-state index contributed by atoms with van der Waals surface area (Å²) in [5, 5.41) is 9.74. The SMILES string of the molecule is CCCCCCCCCOc1ccc(-c2cn(CC(=O)O)cc(-c3cccc(Oc4ccc(OC)cc4)c3)c2=O)c(OCCCCCCCCC)c1. The molecule has 0 saturated heterocycles. The average molecular weight is 712 g/mol. The van der Waals surface area contributed by atoms with E-state index in [2.05, 4.69) is 13.8 Å². The van der Waals surface area contributed by atoms with Crippen LogP contribution >= 0.6 is 0 Å². The maximum Gasteiger partial charge on any atom is 0.323 e. The monoisotopic (exact) mass is 711 g/mol. The van der Waals surface area contributed by atoms with Crippen LogP contribution < -0.4 is 24.4 Å². The number of hydrogen-bond acceptors (Lipinski definition) is 6. The van der Waals surface area contributed by atoms with Crippen LogP contribution in [-0.2, 0) is 11.3 Å². The molecule has 4 rings (SSSR count). The van der Waals surface area contributed by atoms with E-state index in [9.17, 15) is 14.7 Å². The predicted molar refractivity (Wildman–Crippen MR) is 209 cm³/mol. The van der Waals surface area contributed by atoms with Crippen LogP contribution in [0.4, 0.5) is 0 Å². The Balaban J connectivity index is 1.61. The minimum absolute atomic E-state index is 0.235. The first-order valence-electron chi connectivity index (χ1n) is 19.2. The quantitative estimate of drug-likeness (QED) is 0.0684. The number of ether oxygens (including phenoxy) is 4. The second kappa shape index (κ2) is 22.3. The molecule has 52 heavy (non-hydrogen) atoms. The molecule has 8 nitrogen and oxygen atoms in total. The van der Waals surface area contributed by atoms with Gasteiger partial charge in [-0.25, -0.2) is 0 Å². The highest BCUT2D eigenvalue weighted by Gasteiger charge is 2.18. The zero-order valence-corrected chi connectivity index (χ0v) is 31.4. The van der Waals surface area contributed by atoms with Gasteiger partial charge in [-0.2, -0.15) is 0 Å². The molecule has 8 heteroatoms. The summed E-state index contributed by atoms with van der Waals surface area (Å²) in [6.07, 6.45) is 19.7. The van der Waals surface area contributed by atoms with Gasteiger partial charge in [0, 0.05) is 35.2 Å². The maximum atomic E-state index is 14.3. The number of methoxy groups -OCH3 is 1. The Morgan fingerprint density at radius 3 is 1.83 bits per heavy atom. The molecule has 3 aromatic carbocycles. The molecule has 0 bridgehead atoms. The first-order chi connectivity index (χ1) is 25.4. The zero-order valence-electron chi connectivity index (χ0n) is 31.4. The van der Waals surface area contributed by atoms with Gasteiger partial charge >= 0.3 is 5.97 Å². The summed E-state index contributed by atoms with van der Waals surface area (Å²) >= 11 is 0. The number of benzene rings is 3. The van der Waals surface area contributed by atoms with Gasteiger partial charge in [-0.05, 0) is 66.9 Å². The molecular formula is C44H57NO7. The van der Waals surface area contributed by atoms with Gasteiger partial charge in [0.05, 0.1) is 20.3 Å². The molecule has 0 aliphatic carbocycles. The lowest BCUT2D eigenvalue weighted by atomic mass is 9.99. The fraction of sp³-hybridized carbons (Fsp3) is 0.455. The van der Waals surface area contributed by atoms with Crippen molar-refractivity contribution < 1.29 is 28.8 Å². The number of aliphatic carboxylic acids is 1. The van der Waals surface area contributed by atoms with Crippen LogP contribution in [0.25, 0.3) is 22.3 Å². The highest BCUT2D eigenvalue weighted by atomic mass is 16.5. The molecule has 4 aromatic rings. The van der Waals surface area contributed by atoms with E-state index in [0.29, 0.717) is 58.5 Å². The summed E-state index contributed by atoms with van der Waals surface area (Å²) in [6.45, 7) is 5.26. The molecule has 0 aliphatic rings. The molecule has 0 radical (unpaired) electrons. The second-order valence-electron chi connectivity index (χ2n) is 13.4. The smallest absolute Gasteiger partial charge is 0.323 e. The van der Waals surface area contributed by atoms with Crippen LogP contribution in [0.2, 0.25) is 0 Å². The molecule has 1 heterocycles. The van der Waals surface area contributed by atoms with Gasteiger partial charge in [-0.1, -0.05) is 103 Å². The van der Waals surface area contributed by atoms with Crippen LogP contribution in [0.3, 0.4) is 0 Å². The maximum absolute atomic E-state index is 14.3. The Morgan fingerprint density at radius 1 is 0.615 bits per heavy atom. The number of pyridine rings is 1. The summed E-state index contributed by atoms with van der Waals surface area (Å²) in [6, 6.07) is 20.1. The van der Waals surface area contributed by atoms with E-state index in [-0.39, 0.29) is 12.0 Å². The standard InChI is InChI=1S/C44H57NO7/c1-4-6-8-10-12-14-16-27-50-37-25-26-39(42(30-37)51-28-17-15-13-11-9-7-5-2)41-32-45(33-43(46)47)31-40(44(41)48)34-19-18-20-38(29-34)52-36-23-21-35(49-3)22-24-36/h18-26,29-32H,4-17,27-28,33H2,1-3H3,(H,46,47). The molecule has 0 atom stereocenters. The molecule has 1 aromatic heterocycles. The lowest BCUT2D eigenvalue weighted by molar-refractivity contribution is -0.137. The van der Waals surface area contributed by atoms with Gasteiger partial charge in [-0.15, -0.1) is 0 Å². The van der Waals surface area contributed by atoms with E-state index in [4.69, 9.17) is 18.9 Å². The Bertz CT molecular complexity index is 1710. The molecular weight excluding hydrogens is 654 g/mol. The van der Waals surface area contributed by atoms with Gasteiger partial charge < -0.3 is 28.6 Å². The molecule has 0 spiro atoms. The summed E-state index contributed by atoms with van der Waals surface area (Å²) in [5.74, 6) is 2.10. The van der Waals surface area contributed by atoms with Crippen molar-refractivity contribution in [2.75, 3.05) is 20.3 Å². The van der Waals surface area contributed by atoms with E-state index >= 15 is 0 Å². The van der Waals surface area contributed by atoms with Crippen LogP contribution in [0.1, 0.15) is 104 Å². The van der Waals surface area contributed by atoms with Gasteiger partial charge in [0.1, 0.15) is 35.3 Å². The van der Waals surface area contributed by atoms with Crippen molar-refractivity contribution in [2.45, 2.75) is 110 Å². The molecule has 1 N–H and O–H groups in total. The highest BCUT2D eigenvalue weighted by Crippen LogP contribution is 2.34. The topological polar surface area (TPSA) is 96.2 Å². The van der Waals surface area contributed by atoms with Crippen molar-refractivity contribution in [1.82, 2.24) is 4.57 Å². The lowest BCUT2D eigenvalue weighted by Gasteiger charge is -2.16. The molecule has 0 unspecified atom stereocenters. The Kier molecular flexibility index (Phi) is 17.2. The van der Waals surface area contributed by atoms with E-state index in [1.165, 1.54) is 68.8 Å². The Labute approximate surface area is 309 Å². The van der Waals surface area contributed by atoms with E-state index in [1.807, 2.05) is 60.7 Å². The van der Waals surface area contributed by atoms with Gasteiger partial charge in [0.2, 0.25) is 0 Å². The molecule has 0 amide bonds. The van der Waals surface area contributed by atoms with Crippen LogP contribution in [0.5, 0.6) is 28.7 Å². The molecule has 0 aliphatic heterocycles.